The van der Waals surface area contributed by atoms with Crippen LogP contribution < -0.4 is 10.6 Å². The van der Waals surface area contributed by atoms with Gasteiger partial charge in [-0.25, -0.2) is 0 Å². The molecule has 2 aliphatic heterocycles. The van der Waals surface area contributed by atoms with Crippen LogP contribution in [0.1, 0.15) is 33.6 Å². The topological polar surface area (TPSA) is 148 Å². The van der Waals surface area contributed by atoms with E-state index in [4.69, 9.17) is 4.74 Å². The number of carbonyl (C=O) groups is 4. The number of nitrogens with one attached hydrogen (secondary N) is 2. The van der Waals surface area contributed by atoms with Gasteiger partial charge in [0.25, 0.3) is 21.9 Å². The maximum absolute atomic E-state index is 12.7. The fourth-order valence-electron chi connectivity index (χ4n) is 3.19. The van der Waals surface area contributed by atoms with E-state index >= 15 is 0 Å². The van der Waals surface area contributed by atoms with Crippen molar-refractivity contribution in [1.29, 1.82) is 0 Å². The molecule has 1 saturated heterocycles. The maximum atomic E-state index is 12.7. The minimum atomic E-state index is -3.50. The van der Waals surface area contributed by atoms with Crippen LogP contribution in [0.4, 0.5) is 5.69 Å². The zero-order valence-electron chi connectivity index (χ0n) is 16.2. The average molecular weight is 439 g/mol. The summed E-state index contributed by atoms with van der Waals surface area (Å²) in [6.07, 6.45) is 1.11. The Kier molecular flexibility index (Phi) is 6.48. The number of hydrogen-bond acceptors (Lipinski definition) is 9. The normalized spacial score (nSPS) is 19.1. The van der Waals surface area contributed by atoms with Crippen LogP contribution >= 0.6 is 0 Å². The summed E-state index contributed by atoms with van der Waals surface area (Å²) in [5.74, 6) is -2.23. The van der Waals surface area contributed by atoms with Gasteiger partial charge in [0.15, 0.2) is 0 Å². The molecule has 2 N–H and O–H groups in total. The molecule has 0 aliphatic carbocycles. The van der Waals surface area contributed by atoms with Crippen molar-refractivity contribution in [2.45, 2.75) is 18.9 Å². The number of rotatable bonds is 9. The molecule has 0 aromatic heterocycles. The molecule has 1 atom stereocenters. The summed E-state index contributed by atoms with van der Waals surface area (Å²) in [5, 5.41) is 5.19. The van der Waals surface area contributed by atoms with Crippen LogP contribution in [-0.4, -0.2) is 75.6 Å². The Bertz CT molecular complexity index is 991. The molecule has 30 heavy (non-hydrogen) atoms. The number of piperidine rings is 1. The van der Waals surface area contributed by atoms with Crippen LogP contribution in [0.25, 0.3) is 0 Å². The van der Waals surface area contributed by atoms with Crippen molar-refractivity contribution in [3.63, 3.8) is 0 Å². The number of hydrogen-bond donors (Lipinski definition) is 2. The maximum Gasteiger partial charge on any atom is 0.264 e. The monoisotopic (exact) mass is 439 g/mol. The number of ether oxygens (including phenoxy) is 1. The highest BCUT2D eigenvalue weighted by molar-refractivity contribution is 7.85. The lowest BCUT2D eigenvalue weighted by atomic mass is 10.0. The Morgan fingerprint density at radius 1 is 1.10 bits per heavy atom. The van der Waals surface area contributed by atoms with Gasteiger partial charge in [-0.2, -0.15) is 8.42 Å². The van der Waals surface area contributed by atoms with Gasteiger partial charge in [0.05, 0.1) is 37.2 Å². The van der Waals surface area contributed by atoms with E-state index in [0.717, 1.165) is 11.2 Å². The zero-order valence-corrected chi connectivity index (χ0v) is 17.0. The first-order chi connectivity index (χ1) is 14.2. The Hall–Kier alpha value is -2.83. The number of nitrogens with zero attached hydrogens (tertiary/aromatic N) is 1. The molecule has 3 rings (SSSR count). The molecule has 4 amide bonds. The molecule has 11 nitrogen and oxygen atoms in total. The second-order valence-corrected chi connectivity index (χ2v) is 8.42. The summed E-state index contributed by atoms with van der Waals surface area (Å²) in [7, 11) is -3.50. The van der Waals surface area contributed by atoms with Crippen molar-refractivity contribution in [1.82, 2.24) is 10.2 Å². The summed E-state index contributed by atoms with van der Waals surface area (Å²) in [4.78, 5) is 49.6. The van der Waals surface area contributed by atoms with Gasteiger partial charge in [0, 0.05) is 18.7 Å². The van der Waals surface area contributed by atoms with Crippen LogP contribution in [0.3, 0.4) is 0 Å². The smallest absolute Gasteiger partial charge is 0.264 e. The van der Waals surface area contributed by atoms with Gasteiger partial charge < -0.3 is 10.1 Å². The fraction of sp³-hybridized carbons (Fsp3) is 0.444. The van der Waals surface area contributed by atoms with E-state index in [1.165, 1.54) is 12.1 Å². The standard InChI is InChI=1S/C18H21N3O8S/c1-30(26,27)29-9-8-28-7-6-19-11-2-3-12-13(10-11)18(25)21(17(12)24)14-4-5-15(22)20-16(14)23/h2-3,10,14,19H,4-9H2,1H3,(H,20,22,23). The van der Waals surface area contributed by atoms with Gasteiger partial charge in [-0.15, -0.1) is 0 Å². The van der Waals surface area contributed by atoms with E-state index in [1.54, 1.807) is 6.07 Å². The summed E-state index contributed by atoms with van der Waals surface area (Å²) in [6.45, 7) is 0.660. The average Bonchev–Trinajstić information content (AvgIpc) is 2.91. The first-order valence-electron chi connectivity index (χ1n) is 9.19. The molecule has 1 aromatic carbocycles. The van der Waals surface area contributed by atoms with E-state index in [-0.39, 0.29) is 43.8 Å². The van der Waals surface area contributed by atoms with Crippen molar-refractivity contribution in [2.24, 2.45) is 0 Å². The quantitative estimate of drug-likeness (QED) is 0.295. The lowest BCUT2D eigenvalue weighted by Crippen LogP contribution is -2.54. The molecule has 2 heterocycles. The molecule has 162 valence electrons. The molecule has 1 aromatic rings. The highest BCUT2D eigenvalue weighted by atomic mass is 32.2. The van der Waals surface area contributed by atoms with E-state index in [9.17, 15) is 27.6 Å². The van der Waals surface area contributed by atoms with Gasteiger partial charge in [0.1, 0.15) is 6.04 Å². The third-order valence-corrected chi connectivity index (χ3v) is 5.14. The number of fused-ring (bicyclic) bond motifs is 1. The van der Waals surface area contributed by atoms with Gasteiger partial charge >= 0.3 is 0 Å². The Balaban J connectivity index is 1.55. The Labute approximate surface area is 172 Å². The van der Waals surface area contributed by atoms with Crippen LogP contribution in [0.15, 0.2) is 18.2 Å². The van der Waals surface area contributed by atoms with E-state index in [0.29, 0.717) is 12.2 Å². The second-order valence-electron chi connectivity index (χ2n) is 6.77. The molecule has 1 unspecified atom stereocenters. The number of carbonyl (C=O) groups excluding carboxylic acids is 4. The molecular weight excluding hydrogens is 418 g/mol. The fourth-order valence-corrected chi connectivity index (χ4v) is 3.57. The minimum absolute atomic E-state index is 0.0614. The van der Waals surface area contributed by atoms with Crippen molar-refractivity contribution in [2.75, 3.05) is 37.9 Å². The Morgan fingerprint density at radius 2 is 1.83 bits per heavy atom. The zero-order chi connectivity index (χ0) is 21.9. The van der Waals surface area contributed by atoms with E-state index < -0.39 is 39.8 Å². The first-order valence-corrected chi connectivity index (χ1v) is 11.0. The molecule has 2 aliphatic rings. The first kappa shape index (κ1) is 21.9. The van der Waals surface area contributed by atoms with Gasteiger partial charge in [-0.05, 0) is 24.6 Å². The van der Waals surface area contributed by atoms with Crippen LogP contribution in [0.5, 0.6) is 0 Å². The van der Waals surface area contributed by atoms with Gasteiger partial charge in [0.2, 0.25) is 11.8 Å². The van der Waals surface area contributed by atoms with E-state index in [1.807, 2.05) is 0 Å². The number of benzene rings is 1. The highest BCUT2D eigenvalue weighted by Gasteiger charge is 2.44. The third-order valence-electron chi connectivity index (χ3n) is 4.54. The largest absolute Gasteiger partial charge is 0.383 e. The molecule has 0 saturated carbocycles. The van der Waals surface area contributed by atoms with Crippen molar-refractivity contribution < 1.29 is 36.5 Å². The van der Waals surface area contributed by atoms with Crippen molar-refractivity contribution >= 4 is 39.4 Å². The molecule has 1 fully saturated rings. The number of anilines is 1. The predicted molar refractivity (Wildman–Crippen MR) is 103 cm³/mol. The third kappa shape index (κ3) is 5.01. The molecule has 12 heteroatoms. The van der Waals surface area contributed by atoms with Gasteiger partial charge in [-0.1, -0.05) is 0 Å². The van der Waals surface area contributed by atoms with Gasteiger partial charge in [-0.3, -0.25) is 33.6 Å². The number of imide groups is 2. The van der Waals surface area contributed by atoms with E-state index in [2.05, 4.69) is 14.8 Å². The minimum Gasteiger partial charge on any atom is -0.383 e. The molecular formula is C18H21N3O8S. The molecule has 0 radical (unpaired) electrons. The highest BCUT2D eigenvalue weighted by Crippen LogP contribution is 2.29. The summed E-state index contributed by atoms with van der Waals surface area (Å²) < 4.78 is 31.4. The molecule has 0 spiro atoms. The van der Waals surface area contributed by atoms with Crippen LogP contribution in [0, 0.1) is 0 Å². The predicted octanol–water partition coefficient (Wildman–Crippen LogP) is -0.507. The summed E-state index contributed by atoms with van der Waals surface area (Å²) >= 11 is 0. The Morgan fingerprint density at radius 3 is 2.53 bits per heavy atom. The van der Waals surface area contributed by atoms with Crippen LogP contribution in [0.2, 0.25) is 0 Å². The lowest BCUT2D eigenvalue weighted by Gasteiger charge is -2.27. The molecule has 0 bridgehead atoms. The van der Waals surface area contributed by atoms with Crippen molar-refractivity contribution in [3.05, 3.63) is 29.3 Å². The second kappa shape index (κ2) is 8.90. The lowest BCUT2D eigenvalue weighted by molar-refractivity contribution is -0.136. The number of amides is 4. The van der Waals surface area contributed by atoms with Crippen LogP contribution in [-0.2, 0) is 28.6 Å². The summed E-state index contributed by atoms with van der Waals surface area (Å²) in [6, 6.07) is 3.65. The van der Waals surface area contributed by atoms with Crippen molar-refractivity contribution in [3.8, 4) is 0 Å². The summed E-state index contributed by atoms with van der Waals surface area (Å²) in [5.41, 5.74) is 0.956. The SMILES string of the molecule is CS(=O)(=O)OCCOCCNc1ccc2c(c1)C(=O)N(C1CCC(=O)NC1=O)C2=O.